The van der Waals surface area contributed by atoms with Gasteiger partial charge in [0.2, 0.25) is 5.91 Å². The largest absolute Gasteiger partial charge is 0.326 e. The van der Waals surface area contributed by atoms with E-state index in [1.165, 1.54) is 11.1 Å². The van der Waals surface area contributed by atoms with Crippen LogP contribution in [0.3, 0.4) is 0 Å². The number of carbonyl (C=O) groups is 1. The van der Waals surface area contributed by atoms with E-state index >= 15 is 0 Å². The Labute approximate surface area is 111 Å². The van der Waals surface area contributed by atoms with Crippen molar-refractivity contribution in [1.82, 2.24) is 4.98 Å². The zero-order chi connectivity index (χ0) is 13.0. The maximum absolute atomic E-state index is 11.8. The highest BCUT2D eigenvalue weighted by molar-refractivity contribution is 7.07. The summed E-state index contributed by atoms with van der Waals surface area (Å²) in [5.74, 6) is 0.0336. The van der Waals surface area contributed by atoms with Crippen molar-refractivity contribution in [2.45, 2.75) is 26.7 Å². The molecule has 94 valence electrons. The molecule has 0 aliphatic carbocycles. The molecule has 2 aromatic rings. The Morgan fingerprint density at radius 1 is 1.33 bits per heavy atom. The zero-order valence-electron chi connectivity index (χ0n) is 10.6. The molecule has 2 rings (SSSR count). The Kier molecular flexibility index (Phi) is 4.10. The Bertz CT molecular complexity index is 535. The fourth-order valence-electron chi connectivity index (χ4n) is 1.65. The van der Waals surface area contributed by atoms with Crippen LogP contribution in [0.5, 0.6) is 0 Å². The molecular formula is C14H16N2OS. The molecular weight excluding hydrogens is 244 g/mol. The number of rotatable bonds is 4. The smallest absolute Gasteiger partial charge is 0.224 e. The summed E-state index contributed by atoms with van der Waals surface area (Å²) in [4.78, 5) is 15.9. The quantitative estimate of drug-likeness (QED) is 0.916. The SMILES string of the molecule is Cc1ccc(NC(=O)CCc2cscn2)cc1C. The number of nitrogens with zero attached hydrogens (tertiary/aromatic N) is 1. The van der Waals surface area contributed by atoms with Gasteiger partial charge < -0.3 is 5.32 Å². The minimum atomic E-state index is 0.0336. The number of thiazole rings is 1. The molecule has 0 saturated carbocycles. The van der Waals surface area contributed by atoms with E-state index in [1.54, 1.807) is 16.8 Å². The van der Waals surface area contributed by atoms with Gasteiger partial charge in [-0.3, -0.25) is 4.79 Å². The Balaban J connectivity index is 1.88. The molecule has 1 aromatic heterocycles. The second kappa shape index (κ2) is 5.78. The van der Waals surface area contributed by atoms with E-state index in [1.807, 2.05) is 30.5 Å². The zero-order valence-corrected chi connectivity index (χ0v) is 11.4. The molecule has 0 bridgehead atoms. The van der Waals surface area contributed by atoms with Gasteiger partial charge in [-0.15, -0.1) is 11.3 Å². The Morgan fingerprint density at radius 2 is 2.17 bits per heavy atom. The van der Waals surface area contributed by atoms with Crippen LogP contribution in [0.4, 0.5) is 5.69 Å². The van der Waals surface area contributed by atoms with Gasteiger partial charge in [-0.2, -0.15) is 0 Å². The number of aromatic nitrogens is 1. The fourth-order valence-corrected chi connectivity index (χ4v) is 2.24. The van der Waals surface area contributed by atoms with Crippen molar-refractivity contribution >= 4 is 22.9 Å². The van der Waals surface area contributed by atoms with E-state index in [0.717, 1.165) is 11.4 Å². The number of aryl methyl sites for hydroxylation is 3. The lowest BCUT2D eigenvalue weighted by molar-refractivity contribution is -0.116. The first-order valence-electron chi connectivity index (χ1n) is 5.89. The maximum Gasteiger partial charge on any atom is 0.224 e. The molecule has 1 aromatic carbocycles. The number of hydrogen-bond acceptors (Lipinski definition) is 3. The van der Waals surface area contributed by atoms with E-state index < -0.39 is 0 Å². The highest BCUT2D eigenvalue weighted by Crippen LogP contribution is 2.14. The molecule has 4 heteroatoms. The molecule has 0 aliphatic heterocycles. The van der Waals surface area contributed by atoms with E-state index in [4.69, 9.17) is 0 Å². The van der Waals surface area contributed by atoms with E-state index in [9.17, 15) is 4.79 Å². The maximum atomic E-state index is 11.8. The molecule has 0 fully saturated rings. The third kappa shape index (κ3) is 3.40. The lowest BCUT2D eigenvalue weighted by Gasteiger charge is -2.07. The summed E-state index contributed by atoms with van der Waals surface area (Å²) in [5.41, 5.74) is 6.05. The summed E-state index contributed by atoms with van der Waals surface area (Å²) in [6.45, 7) is 4.10. The van der Waals surface area contributed by atoms with Gasteiger partial charge in [0.25, 0.3) is 0 Å². The van der Waals surface area contributed by atoms with Crippen molar-refractivity contribution in [2.24, 2.45) is 0 Å². The van der Waals surface area contributed by atoms with Crippen LogP contribution in [0.15, 0.2) is 29.1 Å². The van der Waals surface area contributed by atoms with Crippen LogP contribution in [0.1, 0.15) is 23.2 Å². The predicted octanol–water partition coefficient (Wildman–Crippen LogP) is 3.33. The summed E-state index contributed by atoms with van der Waals surface area (Å²) in [6, 6.07) is 5.95. The van der Waals surface area contributed by atoms with Crippen molar-refractivity contribution in [1.29, 1.82) is 0 Å². The van der Waals surface area contributed by atoms with Crippen LogP contribution >= 0.6 is 11.3 Å². The van der Waals surface area contributed by atoms with Gasteiger partial charge in [-0.1, -0.05) is 6.07 Å². The molecule has 3 nitrogen and oxygen atoms in total. The lowest BCUT2D eigenvalue weighted by Crippen LogP contribution is -2.12. The number of anilines is 1. The summed E-state index contributed by atoms with van der Waals surface area (Å²) in [7, 11) is 0. The standard InChI is InChI=1S/C14H16N2OS/c1-10-3-4-12(7-11(10)2)16-14(17)6-5-13-8-18-9-15-13/h3-4,7-9H,5-6H2,1-2H3,(H,16,17). The molecule has 0 spiro atoms. The first-order chi connectivity index (χ1) is 8.65. The van der Waals surface area contributed by atoms with Gasteiger partial charge in [0.05, 0.1) is 11.2 Å². The summed E-state index contributed by atoms with van der Waals surface area (Å²) in [5, 5.41) is 4.88. The molecule has 1 heterocycles. The van der Waals surface area contributed by atoms with E-state index in [-0.39, 0.29) is 5.91 Å². The van der Waals surface area contributed by atoms with Gasteiger partial charge in [-0.05, 0) is 43.5 Å². The molecule has 0 radical (unpaired) electrons. The lowest BCUT2D eigenvalue weighted by atomic mass is 10.1. The normalized spacial score (nSPS) is 10.3. The highest BCUT2D eigenvalue weighted by atomic mass is 32.1. The first-order valence-corrected chi connectivity index (χ1v) is 6.83. The third-order valence-electron chi connectivity index (χ3n) is 2.88. The number of nitrogens with one attached hydrogen (secondary N) is 1. The Morgan fingerprint density at radius 3 is 2.83 bits per heavy atom. The second-order valence-corrected chi connectivity index (χ2v) is 5.05. The molecule has 0 aliphatic rings. The predicted molar refractivity (Wildman–Crippen MR) is 75.0 cm³/mol. The monoisotopic (exact) mass is 260 g/mol. The number of benzene rings is 1. The minimum Gasteiger partial charge on any atom is -0.326 e. The number of hydrogen-bond donors (Lipinski definition) is 1. The second-order valence-electron chi connectivity index (χ2n) is 4.33. The topological polar surface area (TPSA) is 42.0 Å². The van der Waals surface area contributed by atoms with Crippen LogP contribution in [0.25, 0.3) is 0 Å². The number of carbonyl (C=O) groups excluding carboxylic acids is 1. The fraction of sp³-hybridized carbons (Fsp3) is 0.286. The van der Waals surface area contributed by atoms with Crippen LogP contribution in [0, 0.1) is 13.8 Å². The van der Waals surface area contributed by atoms with E-state index in [2.05, 4.69) is 17.2 Å². The van der Waals surface area contributed by atoms with Crippen molar-refractivity contribution in [3.63, 3.8) is 0 Å². The van der Waals surface area contributed by atoms with Crippen LogP contribution in [-0.2, 0) is 11.2 Å². The molecule has 0 saturated heterocycles. The number of amides is 1. The van der Waals surface area contributed by atoms with Crippen LogP contribution < -0.4 is 5.32 Å². The Hall–Kier alpha value is -1.68. The van der Waals surface area contributed by atoms with Crippen molar-refractivity contribution < 1.29 is 4.79 Å². The summed E-state index contributed by atoms with van der Waals surface area (Å²) in [6.07, 6.45) is 1.16. The van der Waals surface area contributed by atoms with Crippen molar-refractivity contribution in [3.8, 4) is 0 Å². The molecule has 18 heavy (non-hydrogen) atoms. The first kappa shape index (κ1) is 12.8. The molecule has 0 unspecified atom stereocenters. The average molecular weight is 260 g/mol. The summed E-state index contributed by atoms with van der Waals surface area (Å²) >= 11 is 1.56. The van der Waals surface area contributed by atoms with E-state index in [0.29, 0.717) is 12.8 Å². The van der Waals surface area contributed by atoms with Gasteiger partial charge in [-0.25, -0.2) is 4.98 Å². The molecule has 1 N–H and O–H groups in total. The minimum absolute atomic E-state index is 0.0336. The van der Waals surface area contributed by atoms with Gasteiger partial charge in [0.15, 0.2) is 0 Å². The van der Waals surface area contributed by atoms with Crippen molar-refractivity contribution in [3.05, 3.63) is 45.9 Å². The van der Waals surface area contributed by atoms with Crippen LogP contribution in [-0.4, -0.2) is 10.9 Å². The van der Waals surface area contributed by atoms with Gasteiger partial charge in [0.1, 0.15) is 0 Å². The van der Waals surface area contributed by atoms with Gasteiger partial charge in [0, 0.05) is 17.5 Å². The van der Waals surface area contributed by atoms with Crippen molar-refractivity contribution in [2.75, 3.05) is 5.32 Å². The summed E-state index contributed by atoms with van der Waals surface area (Å²) < 4.78 is 0. The third-order valence-corrected chi connectivity index (χ3v) is 3.52. The molecule has 0 atom stereocenters. The molecule has 1 amide bonds. The van der Waals surface area contributed by atoms with Crippen LogP contribution in [0.2, 0.25) is 0 Å². The average Bonchev–Trinajstić information content (AvgIpc) is 2.84. The van der Waals surface area contributed by atoms with Gasteiger partial charge >= 0.3 is 0 Å². The highest BCUT2D eigenvalue weighted by Gasteiger charge is 2.05.